The summed E-state index contributed by atoms with van der Waals surface area (Å²) in [6, 6.07) is 9.33. The molecule has 1 heterocycles. The molecule has 20 heavy (non-hydrogen) atoms. The maximum absolute atomic E-state index is 8.92. The van der Waals surface area contributed by atoms with Crippen molar-refractivity contribution in [1.82, 2.24) is 9.97 Å². The fourth-order valence-corrected chi connectivity index (χ4v) is 1.86. The first kappa shape index (κ1) is 14.3. The van der Waals surface area contributed by atoms with Crippen LogP contribution in [0.5, 0.6) is 0 Å². The third-order valence-corrected chi connectivity index (χ3v) is 3.24. The Morgan fingerprint density at radius 2 is 2.05 bits per heavy atom. The zero-order chi connectivity index (χ0) is 14.7. The third kappa shape index (κ3) is 3.06. The standard InChI is InChI=1S/C15H15ClN4/c1-9(2)14-19-13(16)10(3)15(20-14)18-12-6-4-5-11(7-12)8-17/h4-7,9H,1-3H3,(H,18,19,20). The van der Waals surface area contributed by atoms with Crippen molar-refractivity contribution < 1.29 is 0 Å². The van der Waals surface area contributed by atoms with E-state index in [1.165, 1.54) is 0 Å². The molecule has 2 aromatic rings. The molecule has 5 heteroatoms. The highest BCUT2D eigenvalue weighted by Gasteiger charge is 2.12. The molecule has 4 nitrogen and oxygen atoms in total. The maximum Gasteiger partial charge on any atom is 0.138 e. The number of benzene rings is 1. The zero-order valence-corrected chi connectivity index (χ0v) is 12.4. The number of nitrogens with one attached hydrogen (secondary N) is 1. The van der Waals surface area contributed by atoms with Crippen LogP contribution < -0.4 is 5.32 Å². The van der Waals surface area contributed by atoms with Crippen LogP contribution >= 0.6 is 11.6 Å². The predicted molar refractivity (Wildman–Crippen MR) is 80.3 cm³/mol. The normalized spacial score (nSPS) is 10.4. The molecule has 0 unspecified atom stereocenters. The smallest absolute Gasteiger partial charge is 0.138 e. The van der Waals surface area contributed by atoms with Crippen molar-refractivity contribution in [3.63, 3.8) is 0 Å². The Morgan fingerprint density at radius 3 is 2.70 bits per heavy atom. The van der Waals surface area contributed by atoms with Crippen LogP contribution in [0.2, 0.25) is 5.15 Å². The minimum Gasteiger partial charge on any atom is -0.340 e. The average Bonchev–Trinajstić information content (AvgIpc) is 2.43. The largest absolute Gasteiger partial charge is 0.340 e. The minimum absolute atomic E-state index is 0.194. The van der Waals surface area contributed by atoms with E-state index in [0.717, 1.165) is 11.3 Å². The van der Waals surface area contributed by atoms with E-state index in [-0.39, 0.29) is 5.92 Å². The highest BCUT2D eigenvalue weighted by Crippen LogP contribution is 2.25. The molecule has 2 rings (SSSR count). The van der Waals surface area contributed by atoms with Crippen molar-refractivity contribution in [1.29, 1.82) is 5.26 Å². The van der Waals surface area contributed by atoms with Gasteiger partial charge in [0.05, 0.1) is 11.6 Å². The van der Waals surface area contributed by atoms with Crippen LogP contribution in [0.1, 0.15) is 36.7 Å². The molecule has 0 bridgehead atoms. The highest BCUT2D eigenvalue weighted by molar-refractivity contribution is 6.30. The van der Waals surface area contributed by atoms with E-state index in [0.29, 0.717) is 22.4 Å². The number of hydrogen-bond acceptors (Lipinski definition) is 4. The molecule has 0 aliphatic rings. The summed E-state index contributed by atoms with van der Waals surface area (Å²) in [5.41, 5.74) is 2.19. The van der Waals surface area contributed by atoms with Crippen LogP contribution in [0.4, 0.5) is 11.5 Å². The second-order valence-electron chi connectivity index (χ2n) is 4.82. The van der Waals surface area contributed by atoms with Crippen molar-refractivity contribution in [2.24, 2.45) is 0 Å². The van der Waals surface area contributed by atoms with Crippen LogP contribution in [0.15, 0.2) is 24.3 Å². The lowest BCUT2D eigenvalue weighted by molar-refractivity contribution is 0.773. The van der Waals surface area contributed by atoms with Crippen LogP contribution in [0.25, 0.3) is 0 Å². The lowest BCUT2D eigenvalue weighted by Gasteiger charge is -2.13. The molecule has 0 fully saturated rings. The highest BCUT2D eigenvalue weighted by atomic mass is 35.5. The first-order valence-electron chi connectivity index (χ1n) is 6.32. The second-order valence-corrected chi connectivity index (χ2v) is 5.18. The van der Waals surface area contributed by atoms with E-state index >= 15 is 0 Å². The SMILES string of the molecule is Cc1c(Cl)nc(C(C)C)nc1Nc1cccc(C#N)c1. The minimum atomic E-state index is 0.194. The number of rotatable bonds is 3. The average molecular weight is 287 g/mol. The Balaban J connectivity index is 2.40. The fraction of sp³-hybridized carbons (Fsp3) is 0.267. The summed E-state index contributed by atoms with van der Waals surface area (Å²) in [6.07, 6.45) is 0. The zero-order valence-electron chi connectivity index (χ0n) is 11.6. The van der Waals surface area contributed by atoms with Crippen molar-refractivity contribution in [3.05, 3.63) is 46.4 Å². The Bertz CT molecular complexity index is 674. The summed E-state index contributed by atoms with van der Waals surface area (Å²) in [5, 5.41) is 12.6. The number of halogens is 1. The van der Waals surface area contributed by atoms with Gasteiger partial charge in [-0.2, -0.15) is 5.26 Å². The number of aromatic nitrogens is 2. The molecule has 0 saturated heterocycles. The monoisotopic (exact) mass is 286 g/mol. The molecule has 102 valence electrons. The Morgan fingerprint density at radius 1 is 1.30 bits per heavy atom. The molecule has 0 aliphatic carbocycles. The van der Waals surface area contributed by atoms with Crippen LogP contribution in [-0.4, -0.2) is 9.97 Å². The van der Waals surface area contributed by atoms with Crippen LogP contribution in [0, 0.1) is 18.3 Å². The van der Waals surface area contributed by atoms with Gasteiger partial charge in [0, 0.05) is 17.2 Å². The van der Waals surface area contributed by atoms with Crippen molar-refractivity contribution in [2.45, 2.75) is 26.7 Å². The molecular formula is C15H15ClN4. The van der Waals surface area contributed by atoms with Gasteiger partial charge in [-0.15, -0.1) is 0 Å². The lowest BCUT2D eigenvalue weighted by atomic mass is 10.2. The van der Waals surface area contributed by atoms with Gasteiger partial charge in [0.25, 0.3) is 0 Å². The van der Waals surface area contributed by atoms with Crippen LogP contribution in [-0.2, 0) is 0 Å². The van der Waals surface area contributed by atoms with Gasteiger partial charge in [0.15, 0.2) is 0 Å². The lowest BCUT2D eigenvalue weighted by Crippen LogP contribution is -2.05. The second kappa shape index (κ2) is 5.89. The molecule has 1 aromatic carbocycles. The van der Waals surface area contributed by atoms with Crippen LogP contribution in [0.3, 0.4) is 0 Å². The van der Waals surface area contributed by atoms with E-state index in [9.17, 15) is 0 Å². The topological polar surface area (TPSA) is 61.6 Å². The number of nitriles is 1. The molecule has 1 aromatic heterocycles. The van der Waals surface area contributed by atoms with Gasteiger partial charge in [0.2, 0.25) is 0 Å². The summed E-state index contributed by atoms with van der Waals surface area (Å²) >= 11 is 6.14. The molecule has 0 amide bonds. The summed E-state index contributed by atoms with van der Waals surface area (Å²) in [5.74, 6) is 1.56. The number of hydrogen-bond donors (Lipinski definition) is 1. The molecule has 0 saturated carbocycles. The molecule has 0 radical (unpaired) electrons. The Hall–Kier alpha value is -2.12. The first-order chi connectivity index (χ1) is 9.51. The van der Waals surface area contributed by atoms with Crippen molar-refractivity contribution in [3.8, 4) is 6.07 Å². The number of anilines is 2. The molecule has 1 N–H and O–H groups in total. The van der Waals surface area contributed by atoms with Gasteiger partial charge >= 0.3 is 0 Å². The van der Waals surface area contributed by atoms with Gasteiger partial charge in [0.1, 0.15) is 16.8 Å². The summed E-state index contributed by atoms with van der Waals surface area (Å²) in [4.78, 5) is 8.76. The van der Waals surface area contributed by atoms with E-state index < -0.39 is 0 Å². The van der Waals surface area contributed by atoms with Crippen molar-refractivity contribution in [2.75, 3.05) is 5.32 Å². The van der Waals surface area contributed by atoms with E-state index in [1.807, 2.05) is 32.9 Å². The van der Waals surface area contributed by atoms with Crippen molar-refractivity contribution >= 4 is 23.1 Å². The van der Waals surface area contributed by atoms with Gasteiger partial charge < -0.3 is 5.32 Å². The van der Waals surface area contributed by atoms with E-state index in [4.69, 9.17) is 16.9 Å². The van der Waals surface area contributed by atoms with E-state index in [1.54, 1.807) is 12.1 Å². The Kier molecular flexibility index (Phi) is 4.21. The number of nitrogens with zero attached hydrogens (tertiary/aromatic N) is 3. The van der Waals surface area contributed by atoms with E-state index in [2.05, 4.69) is 21.4 Å². The van der Waals surface area contributed by atoms with Gasteiger partial charge in [-0.3, -0.25) is 0 Å². The summed E-state index contributed by atoms with van der Waals surface area (Å²) in [7, 11) is 0. The van der Waals surface area contributed by atoms with Gasteiger partial charge in [-0.05, 0) is 25.1 Å². The quantitative estimate of drug-likeness (QED) is 0.860. The fourth-order valence-electron chi connectivity index (χ4n) is 1.69. The summed E-state index contributed by atoms with van der Waals surface area (Å²) in [6.45, 7) is 5.89. The molecule has 0 atom stereocenters. The summed E-state index contributed by atoms with van der Waals surface area (Å²) < 4.78 is 0. The molecule has 0 aliphatic heterocycles. The molecular weight excluding hydrogens is 272 g/mol. The Labute approximate surface area is 123 Å². The third-order valence-electron chi connectivity index (χ3n) is 2.87. The van der Waals surface area contributed by atoms with Gasteiger partial charge in [-0.1, -0.05) is 31.5 Å². The first-order valence-corrected chi connectivity index (χ1v) is 6.70. The molecule has 0 spiro atoms. The maximum atomic E-state index is 8.92. The predicted octanol–water partition coefficient (Wildman–Crippen LogP) is 4.18. The van der Waals surface area contributed by atoms with Gasteiger partial charge in [-0.25, -0.2) is 9.97 Å².